The zero-order valence-electron chi connectivity index (χ0n) is 29.5. The maximum Gasteiger partial charge on any atom is 0.407 e. The zero-order chi connectivity index (χ0) is 35.4. The summed E-state index contributed by atoms with van der Waals surface area (Å²) in [6, 6.07) is 14.6. The van der Waals surface area contributed by atoms with Crippen LogP contribution in [0.25, 0.3) is 33.2 Å². The van der Waals surface area contributed by atoms with E-state index in [-0.39, 0.29) is 23.9 Å². The van der Waals surface area contributed by atoms with Gasteiger partial charge in [0.25, 0.3) is 0 Å². The lowest BCUT2D eigenvalue weighted by Gasteiger charge is -2.30. The first kappa shape index (κ1) is 33.9. The Morgan fingerprint density at radius 2 is 2.00 bits per heavy atom. The average molecular weight is 806 g/mol. The van der Waals surface area contributed by atoms with Gasteiger partial charge in [-0.2, -0.15) is 0 Å². The predicted molar refractivity (Wildman–Crippen MR) is 206 cm³/mol. The summed E-state index contributed by atoms with van der Waals surface area (Å²) in [6.45, 7) is 8.09. The summed E-state index contributed by atoms with van der Waals surface area (Å²) in [6.07, 6.45) is 3.98. The van der Waals surface area contributed by atoms with E-state index in [4.69, 9.17) is 22.3 Å². The third kappa shape index (κ3) is 6.22. The summed E-state index contributed by atoms with van der Waals surface area (Å²) < 4.78 is 26.7. The maximum atomic E-state index is 13.9. The highest BCUT2D eigenvalue weighted by atomic mass is 127. The van der Waals surface area contributed by atoms with Crippen molar-refractivity contribution in [2.45, 2.75) is 64.8 Å². The Bertz CT molecular complexity index is 2140. The zero-order valence-corrected chi connectivity index (χ0v) is 31.7. The van der Waals surface area contributed by atoms with E-state index < -0.39 is 31.6 Å². The van der Waals surface area contributed by atoms with Gasteiger partial charge in [0.1, 0.15) is 24.2 Å². The van der Waals surface area contributed by atoms with E-state index in [1.165, 1.54) is 7.11 Å². The van der Waals surface area contributed by atoms with Gasteiger partial charge in [-0.3, -0.25) is 4.79 Å². The molecule has 0 bridgehead atoms. The van der Waals surface area contributed by atoms with Gasteiger partial charge in [-0.05, 0) is 84.4 Å². The standard InChI is InChI=1S/C38H44IN7O5/c1-20(2)34(43-38(48)50-5)37(47)46-21(3)6-11-33(46)39-44-29-10-8-23-14-28-26-9-7-24(13-25(26)19-51-32(28)15-27(23)35(29)45-39)31-17-41-36(42-31)30-12-22(16-40-30)18-49-4/h7-10,13-15,17,20-22,30,34,40H,6,11-12,16,18-19H2,1-5H3,(H,41,42)(H,43,48)(H,44,45)/t21-,22-,30-,34-/m0/s1. The van der Waals surface area contributed by atoms with Gasteiger partial charge in [0, 0.05) is 30.6 Å². The molecule has 4 N–H and O–H groups in total. The van der Waals surface area contributed by atoms with Crippen LogP contribution in [-0.4, -0.2) is 70.0 Å². The number of fused-ring (bicyclic) bond motifs is 6. The van der Waals surface area contributed by atoms with Crippen LogP contribution in [-0.2, 0) is 20.9 Å². The number of carbonyl (C=O) groups is 2. The van der Waals surface area contributed by atoms with E-state index in [9.17, 15) is 9.59 Å². The van der Waals surface area contributed by atoms with Crippen molar-refractivity contribution < 1.29 is 23.8 Å². The molecule has 1 aromatic heterocycles. The third-order valence-electron chi connectivity index (χ3n) is 10.4. The highest BCUT2D eigenvalue weighted by molar-refractivity contribution is 14.2. The Hall–Kier alpha value is -4.21. The topological polar surface area (TPSA) is 142 Å². The fourth-order valence-electron chi connectivity index (χ4n) is 7.66. The Labute approximate surface area is 304 Å². The van der Waals surface area contributed by atoms with E-state index in [0.717, 1.165) is 97.7 Å². The molecule has 4 aliphatic rings. The number of rotatable bonds is 7. The largest absolute Gasteiger partial charge is 0.488 e. The van der Waals surface area contributed by atoms with Gasteiger partial charge in [-0.25, -0.2) is 12.9 Å². The second-order valence-electron chi connectivity index (χ2n) is 14.2. The van der Waals surface area contributed by atoms with Gasteiger partial charge in [-0.1, -0.05) is 32.0 Å². The lowest BCUT2D eigenvalue weighted by Crippen LogP contribution is -2.53. The van der Waals surface area contributed by atoms with Crippen molar-refractivity contribution in [3.05, 3.63) is 60.0 Å². The Morgan fingerprint density at radius 3 is 2.80 bits per heavy atom. The Balaban J connectivity index is 1.06. The molecular weight excluding hydrogens is 761 g/mol. The number of alkyl carbamates (subject to hydrolysis) is 1. The van der Waals surface area contributed by atoms with Crippen LogP contribution >= 0.6 is 19.4 Å². The summed E-state index contributed by atoms with van der Waals surface area (Å²) in [7, 11) is 3.06. The number of imidazole rings is 1. The number of hydrogen-bond acceptors (Lipinski definition) is 9. The number of likely N-dealkylation sites (tertiary alicyclic amines) is 1. The van der Waals surface area contributed by atoms with E-state index in [2.05, 4.69) is 68.5 Å². The molecule has 4 atom stereocenters. The van der Waals surface area contributed by atoms with Crippen molar-refractivity contribution >= 4 is 57.2 Å². The number of aromatic nitrogens is 2. The van der Waals surface area contributed by atoms with Crippen LogP contribution in [0.5, 0.6) is 5.75 Å². The SMILES string of the molecule is COC[C@@H]1CN[C@H](c2ncc(-c3ccc4c(c3)COc3cc5c6c(ccc5cc3-4)N=I(=C3CC[C@H](C)N3C(=O)[C@@H](NC(=O)OC)C(C)C)N6)[nH]2)C1. The minimum absolute atomic E-state index is 0.0254. The summed E-state index contributed by atoms with van der Waals surface area (Å²) in [5.41, 5.74) is 7.36. The van der Waals surface area contributed by atoms with Crippen molar-refractivity contribution in [2.75, 3.05) is 30.9 Å². The molecule has 0 unspecified atom stereocenters. The highest BCUT2D eigenvalue weighted by Crippen LogP contribution is 2.50. The Morgan fingerprint density at radius 1 is 1.14 bits per heavy atom. The van der Waals surface area contributed by atoms with Crippen molar-refractivity contribution in [1.29, 1.82) is 0 Å². The molecule has 2 fully saturated rings. The number of amides is 2. The fraction of sp³-hybridized carbons (Fsp3) is 0.421. The number of methoxy groups -OCH3 is 2. The van der Waals surface area contributed by atoms with Crippen LogP contribution in [0.3, 0.4) is 0 Å². The number of nitrogens with zero attached hydrogens (tertiary/aromatic N) is 3. The molecule has 0 saturated carbocycles. The number of aromatic amines is 1. The normalized spacial score (nSPS) is 23.3. The molecule has 2 amide bonds. The smallest absolute Gasteiger partial charge is 0.407 e. The number of H-pyrrole nitrogens is 1. The van der Waals surface area contributed by atoms with Gasteiger partial charge in [-0.15, -0.1) is 0 Å². The number of hydrogen-bond donors (Lipinski definition) is 4. The molecule has 3 aromatic carbocycles. The molecule has 8 rings (SSSR count). The summed E-state index contributed by atoms with van der Waals surface area (Å²) >= 11 is -2.36. The number of anilines is 1. The predicted octanol–water partition coefficient (Wildman–Crippen LogP) is 7.27. The second-order valence-corrected chi connectivity index (χ2v) is 17.9. The van der Waals surface area contributed by atoms with E-state index >= 15 is 0 Å². The van der Waals surface area contributed by atoms with Crippen molar-refractivity contribution in [1.82, 2.24) is 25.5 Å². The van der Waals surface area contributed by atoms with Gasteiger partial charge in [0.15, 0.2) is 0 Å². The maximum absolute atomic E-state index is 13.9. The lowest BCUT2D eigenvalue weighted by atomic mass is 9.92. The molecule has 0 radical (unpaired) electrons. The summed E-state index contributed by atoms with van der Waals surface area (Å²) in [4.78, 5) is 36.2. The first-order valence-electron chi connectivity index (χ1n) is 17.6. The molecule has 12 nitrogen and oxygen atoms in total. The summed E-state index contributed by atoms with van der Waals surface area (Å²) in [5, 5.41) is 8.48. The van der Waals surface area contributed by atoms with Crippen LogP contribution in [0, 0.1) is 11.8 Å². The molecular formula is C38H44IN7O5. The lowest BCUT2D eigenvalue weighted by molar-refractivity contribution is -0.131. The van der Waals surface area contributed by atoms with Gasteiger partial charge >= 0.3 is 6.09 Å². The van der Waals surface area contributed by atoms with Crippen LogP contribution in [0.15, 0.2) is 51.8 Å². The van der Waals surface area contributed by atoms with E-state index in [0.29, 0.717) is 12.5 Å². The minimum atomic E-state index is -2.36. The molecule has 0 aliphatic carbocycles. The van der Waals surface area contributed by atoms with Gasteiger partial charge < -0.3 is 38.3 Å². The van der Waals surface area contributed by atoms with Crippen LogP contribution in [0.4, 0.5) is 16.2 Å². The molecule has 5 heterocycles. The fourth-order valence-corrected chi connectivity index (χ4v) is 12.4. The van der Waals surface area contributed by atoms with Crippen molar-refractivity contribution in [2.24, 2.45) is 15.0 Å². The molecule has 268 valence electrons. The monoisotopic (exact) mass is 805 g/mol. The second kappa shape index (κ2) is 13.7. The van der Waals surface area contributed by atoms with Crippen LogP contribution < -0.4 is 18.9 Å². The highest BCUT2D eigenvalue weighted by Gasteiger charge is 2.38. The van der Waals surface area contributed by atoms with Crippen molar-refractivity contribution in [3.63, 3.8) is 0 Å². The number of benzene rings is 3. The molecule has 13 heteroatoms. The van der Waals surface area contributed by atoms with Gasteiger partial charge in [0.2, 0.25) is 5.91 Å². The number of ether oxygens (including phenoxy) is 3. The molecule has 2 saturated heterocycles. The van der Waals surface area contributed by atoms with Crippen LogP contribution in [0.2, 0.25) is 0 Å². The molecule has 4 aromatic rings. The average Bonchev–Trinajstić information content (AvgIpc) is 3.95. The first-order chi connectivity index (χ1) is 24.7. The number of carbonyl (C=O) groups excluding carboxylic acids is 2. The third-order valence-corrected chi connectivity index (χ3v) is 14.7. The van der Waals surface area contributed by atoms with Crippen LogP contribution in [0.1, 0.15) is 57.5 Å². The molecule has 0 spiro atoms. The van der Waals surface area contributed by atoms with E-state index in [1.54, 1.807) is 7.11 Å². The summed E-state index contributed by atoms with van der Waals surface area (Å²) in [5.74, 6) is 2.10. The quantitative estimate of drug-likeness (QED) is 0.113. The number of halogens is 1. The minimum Gasteiger partial charge on any atom is -0.488 e. The Kier molecular flexibility index (Phi) is 9.13. The van der Waals surface area contributed by atoms with Gasteiger partial charge in [0.05, 0.1) is 66.1 Å². The molecule has 4 aliphatic heterocycles. The first-order valence-corrected chi connectivity index (χ1v) is 20.7. The van der Waals surface area contributed by atoms with Crippen molar-refractivity contribution in [3.8, 4) is 28.1 Å². The van der Waals surface area contributed by atoms with E-state index in [1.807, 2.05) is 24.9 Å². The molecule has 51 heavy (non-hydrogen) atoms. The number of nitrogens with one attached hydrogen (secondary N) is 4.